The highest BCUT2D eigenvalue weighted by Crippen LogP contribution is 2.57. The van der Waals surface area contributed by atoms with Gasteiger partial charge in [-0.25, -0.2) is 0 Å². The fourth-order valence-electron chi connectivity index (χ4n) is 6.80. The van der Waals surface area contributed by atoms with Crippen LogP contribution >= 0.6 is 0 Å². The van der Waals surface area contributed by atoms with Crippen molar-refractivity contribution in [1.82, 2.24) is 0 Å². The van der Waals surface area contributed by atoms with Gasteiger partial charge in [-0.1, -0.05) is 0 Å². The van der Waals surface area contributed by atoms with Gasteiger partial charge < -0.3 is 53.5 Å². The van der Waals surface area contributed by atoms with E-state index in [9.17, 15) is 9.90 Å². The summed E-state index contributed by atoms with van der Waals surface area (Å²) in [5.74, 6) is -0.260. The molecule has 1 aliphatic carbocycles. The average molecular weight is 572 g/mol. The third kappa shape index (κ3) is 4.36. The molecule has 0 bridgehead atoms. The second kappa shape index (κ2) is 10.2. The van der Waals surface area contributed by atoms with E-state index >= 15 is 0 Å². The molecule has 2 aromatic rings. The number of ether oxygens (including phenoxy) is 9. The highest BCUT2D eigenvalue weighted by molar-refractivity contribution is 5.79. The zero-order valence-corrected chi connectivity index (χ0v) is 22.9. The molecule has 220 valence electrons. The van der Waals surface area contributed by atoms with Crippen molar-refractivity contribution in [3.63, 3.8) is 0 Å². The van der Waals surface area contributed by atoms with E-state index in [1.165, 1.54) is 14.2 Å². The molecule has 0 unspecified atom stereocenters. The number of hydrogen-bond acceptors (Lipinski definition) is 12. The van der Waals surface area contributed by atoms with Crippen molar-refractivity contribution in [3.05, 3.63) is 41.0 Å². The zero-order valence-electron chi connectivity index (χ0n) is 22.9. The van der Waals surface area contributed by atoms with E-state index in [1.54, 1.807) is 12.1 Å². The fourth-order valence-corrected chi connectivity index (χ4v) is 6.80. The first-order chi connectivity index (χ1) is 19.9. The lowest BCUT2D eigenvalue weighted by Gasteiger charge is -2.46. The van der Waals surface area contributed by atoms with Crippen molar-refractivity contribution in [2.75, 3.05) is 34.2 Å². The second-order valence-electron chi connectivity index (χ2n) is 11.0. The maximum atomic E-state index is 13.4. The third-order valence-corrected chi connectivity index (χ3v) is 8.70. The number of phenols is 1. The maximum Gasteiger partial charge on any atom is 0.310 e. The van der Waals surface area contributed by atoms with Gasteiger partial charge >= 0.3 is 5.97 Å². The Morgan fingerprint density at radius 2 is 1.66 bits per heavy atom. The largest absolute Gasteiger partial charge is 0.502 e. The molecule has 0 saturated carbocycles. The van der Waals surface area contributed by atoms with Crippen molar-refractivity contribution < 1.29 is 52.5 Å². The number of nitrogens with two attached hydrogens (primary N) is 1. The number of fused-ring (bicyclic) bond motifs is 4. The van der Waals surface area contributed by atoms with Gasteiger partial charge in [-0.15, -0.1) is 0 Å². The third-order valence-electron chi connectivity index (χ3n) is 8.70. The Bertz CT molecular complexity index is 1330. The van der Waals surface area contributed by atoms with Crippen LogP contribution in [0.1, 0.15) is 42.1 Å². The Morgan fingerprint density at radius 3 is 2.37 bits per heavy atom. The summed E-state index contributed by atoms with van der Waals surface area (Å²) >= 11 is 0. The summed E-state index contributed by atoms with van der Waals surface area (Å²) in [5.41, 5.74) is 8.86. The van der Waals surface area contributed by atoms with Gasteiger partial charge in [-0.05, 0) is 47.9 Å². The number of rotatable bonds is 5. The Hall–Kier alpha value is -3.29. The van der Waals surface area contributed by atoms with E-state index in [2.05, 4.69) is 0 Å². The molecule has 12 heteroatoms. The monoisotopic (exact) mass is 571 g/mol. The normalized spacial score (nSPS) is 35.2. The first-order valence-electron chi connectivity index (χ1n) is 13.7. The fraction of sp³-hybridized carbons (Fsp3) is 0.552. The number of phenolic OH excluding ortho intramolecular Hbond substituents is 1. The molecule has 9 atom stereocenters. The number of hydrogen-bond donors (Lipinski definition) is 2. The van der Waals surface area contributed by atoms with Crippen LogP contribution < -0.4 is 24.7 Å². The molecular formula is C29H33NO11. The van der Waals surface area contributed by atoms with Gasteiger partial charge in [0, 0.05) is 24.3 Å². The molecular weight excluding hydrogens is 538 g/mol. The van der Waals surface area contributed by atoms with Gasteiger partial charge in [-0.3, -0.25) is 4.79 Å². The number of aromatic hydroxyl groups is 1. The van der Waals surface area contributed by atoms with Gasteiger partial charge in [-0.2, -0.15) is 0 Å². The lowest BCUT2D eigenvalue weighted by atomic mass is 9.66. The minimum absolute atomic E-state index is 0.0895. The van der Waals surface area contributed by atoms with Crippen LogP contribution in [0.4, 0.5) is 0 Å². The molecule has 4 heterocycles. The van der Waals surface area contributed by atoms with Crippen LogP contribution in [0.15, 0.2) is 24.3 Å². The van der Waals surface area contributed by atoms with E-state index in [1.807, 2.05) is 19.1 Å². The van der Waals surface area contributed by atoms with E-state index < -0.39 is 24.2 Å². The molecule has 0 spiro atoms. The van der Waals surface area contributed by atoms with Crippen LogP contribution in [0.2, 0.25) is 0 Å². The van der Waals surface area contributed by atoms with Crippen LogP contribution in [0, 0.1) is 11.8 Å². The van der Waals surface area contributed by atoms with Crippen molar-refractivity contribution in [2.45, 2.75) is 56.2 Å². The molecule has 0 aromatic heterocycles. The Balaban J connectivity index is 1.30. The predicted molar refractivity (Wildman–Crippen MR) is 139 cm³/mol. The second-order valence-corrected chi connectivity index (χ2v) is 11.0. The van der Waals surface area contributed by atoms with Gasteiger partial charge in [0.2, 0.25) is 12.5 Å². The summed E-state index contributed by atoms with van der Waals surface area (Å²) in [6, 6.07) is 6.91. The quantitative estimate of drug-likeness (QED) is 0.508. The molecule has 41 heavy (non-hydrogen) atoms. The maximum absolute atomic E-state index is 13.4. The number of benzene rings is 2. The van der Waals surface area contributed by atoms with Crippen molar-refractivity contribution in [3.8, 4) is 28.7 Å². The summed E-state index contributed by atoms with van der Waals surface area (Å²) in [4.78, 5) is 13.4. The lowest BCUT2D eigenvalue weighted by Crippen LogP contribution is -2.59. The summed E-state index contributed by atoms with van der Waals surface area (Å²) in [7, 11) is 2.92. The Kier molecular flexibility index (Phi) is 6.62. The minimum Gasteiger partial charge on any atom is -0.502 e. The molecule has 2 aromatic carbocycles. The highest BCUT2D eigenvalue weighted by Gasteiger charge is 2.54. The number of esters is 1. The minimum atomic E-state index is -0.656. The zero-order chi connectivity index (χ0) is 28.4. The summed E-state index contributed by atoms with van der Waals surface area (Å²) < 4.78 is 52.5. The van der Waals surface area contributed by atoms with Crippen molar-refractivity contribution in [2.24, 2.45) is 17.6 Å². The Labute approximate surface area is 236 Å². The van der Waals surface area contributed by atoms with E-state index in [0.29, 0.717) is 30.1 Å². The molecule has 7 rings (SSSR count). The summed E-state index contributed by atoms with van der Waals surface area (Å²) in [5, 5.41) is 10.6. The van der Waals surface area contributed by atoms with Gasteiger partial charge in [0.1, 0.15) is 12.2 Å². The molecule has 0 amide bonds. The van der Waals surface area contributed by atoms with E-state index in [-0.39, 0.29) is 67.1 Å². The van der Waals surface area contributed by atoms with Crippen molar-refractivity contribution in [1.29, 1.82) is 0 Å². The topological polar surface area (TPSA) is 146 Å². The van der Waals surface area contributed by atoms with E-state index in [4.69, 9.17) is 48.4 Å². The van der Waals surface area contributed by atoms with Crippen LogP contribution in [0.25, 0.3) is 0 Å². The van der Waals surface area contributed by atoms with Gasteiger partial charge in [0.15, 0.2) is 35.6 Å². The standard InChI is InChI=1S/C29H33NO11/c1-12-35-10-22-28(39-12)17(30)8-23(40-22)41-27-15-7-19-18(37-11-38-19)6-14(15)24(25-16(27)9-36-29(25)32)13-4-20(33-2)26(31)21(5-13)34-3/h4-7,12,16-17,22-25,27-28,31H,8-11,30H2,1-3H3/t12-,16+,17-,22-,23+,24-,25+,27-,28+/m1/s1. The van der Waals surface area contributed by atoms with Gasteiger partial charge in [0.25, 0.3) is 0 Å². The molecule has 3 saturated heterocycles. The molecule has 4 aliphatic heterocycles. The van der Waals surface area contributed by atoms with Crippen LogP contribution in [0.3, 0.4) is 0 Å². The first kappa shape index (κ1) is 26.6. The predicted octanol–water partition coefficient (Wildman–Crippen LogP) is 2.33. The highest BCUT2D eigenvalue weighted by atomic mass is 16.7. The van der Waals surface area contributed by atoms with Crippen molar-refractivity contribution >= 4 is 5.97 Å². The molecule has 12 nitrogen and oxygen atoms in total. The summed E-state index contributed by atoms with van der Waals surface area (Å²) in [6.07, 6.45) is -1.83. The molecule has 3 N–H and O–H groups in total. The van der Waals surface area contributed by atoms with Crippen LogP contribution in [-0.4, -0.2) is 76.1 Å². The van der Waals surface area contributed by atoms with Crippen LogP contribution in [-0.2, 0) is 28.5 Å². The van der Waals surface area contributed by atoms with Gasteiger partial charge in [0.05, 0.1) is 39.5 Å². The Morgan fingerprint density at radius 1 is 0.951 bits per heavy atom. The smallest absolute Gasteiger partial charge is 0.310 e. The summed E-state index contributed by atoms with van der Waals surface area (Å²) in [6.45, 7) is 2.44. The lowest BCUT2D eigenvalue weighted by molar-refractivity contribution is -0.322. The van der Waals surface area contributed by atoms with E-state index in [0.717, 1.165) is 11.1 Å². The molecule has 0 radical (unpaired) electrons. The number of carbonyl (C=O) groups is 1. The SMILES string of the molecule is COc1cc([C@@H]2c3cc4c(cc3[C@@H](O[C@H]3C[C@@H](N)[C@@H]5O[C@H](C)OC[C@H]5O3)[C@H]3COC(=O)[C@H]23)OCO4)cc(OC)c1O. The number of carbonyl (C=O) groups excluding carboxylic acids is 1. The number of cyclic esters (lactones) is 1. The average Bonchev–Trinajstić information content (AvgIpc) is 3.59. The van der Waals surface area contributed by atoms with Crippen LogP contribution in [0.5, 0.6) is 28.7 Å². The first-order valence-corrected chi connectivity index (χ1v) is 13.7. The number of methoxy groups -OCH3 is 2. The molecule has 3 fully saturated rings. The molecule has 5 aliphatic rings.